The number of fused-ring (bicyclic) bond motifs is 1. The number of benzene rings is 1. The van der Waals surface area contributed by atoms with Gasteiger partial charge in [-0.1, -0.05) is 30.3 Å². The zero-order valence-electron chi connectivity index (χ0n) is 16.7. The second-order valence-corrected chi connectivity index (χ2v) is 7.70. The number of ether oxygens (including phenoxy) is 1. The van der Waals surface area contributed by atoms with Gasteiger partial charge in [0.25, 0.3) is 5.56 Å². The molecule has 3 heterocycles. The van der Waals surface area contributed by atoms with Crippen LogP contribution >= 0.6 is 0 Å². The first-order chi connectivity index (χ1) is 14.6. The summed E-state index contributed by atoms with van der Waals surface area (Å²) >= 11 is 0. The third-order valence-corrected chi connectivity index (χ3v) is 5.63. The van der Waals surface area contributed by atoms with Crippen LogP contribution in [0, 0.1) is 5.92 Å². The van der Waals surface area contributed by atoms with E-state index in [4.69, 9.17) is 4.74 Å². The zero-order chi connectivity index (χ0) is 20.9. The third kappa shape index (κ3) is 4.71. The molecule has 8 nitrogen and oxygen atoms in total. The molecule has 158 valence electrons. The van der Waals surface area contributed by atoms with Crippen molar-refractivity contribution in [3.05, 3.63) is 70.1 Å². The zero-order valence-corrected chi connectivity index (χ0v) is 16.7. The number of carbonyl (C=O) groups is 2. The monoisotopic (exact) mass is 410 g/mol. The maximum absolute atomic E-state index is 12.2. The Kier molecular flexibility index (Phi) is 6.13. The van der Waals surface area contributed by atoms with Crippen molar-refractivity contribution >= 4 is 11.9 Å². The maximum Gasteiger partial charge on any atom is 0.317 e. The summed E-state index contributed by atoms with van der Waals surface area (Å²) in [4.78, 5) is 36.0. The van der Waals surface area contributed by atoms with Gasteiger partial charge in [-0.25, -0.2) is 4.79 Å². The summed E-state index contributed by atoms with van der Waals surface area (Å²) in [5, 5.41) is 8.77. The highest BCUT2D eigenvalue weighted by molar-refractivity contribution is 5.76. The molecule has 0 unspecified atom stereocenters. The van der Waals surface area contributed by atoms with Crippen LogP contribution in [0.3, 0.4) is 0 Å². The lowest BCUT2D eigenvalue weighted by atomic mass is 9.85. The average molecular weight is 410 g/mol. The highest BCUT2D eigenvalue weighted by atomic mass is 16.5. The van der Waals surface area contributed by atoms with E-state index in [2.05, 4.69) is 16.0 Å². The van der Waals surface area contributed by atoms with Crippen LogP contribution in [-0.2, 0) is 22.6 Å². The van der Waals surface area contributed by atoms with Crippen molar-refractivity contribution in [1.82, 2.24) is 20.5 Å². The SMILES string of the molecule is O=C(CCn1ccccc1=O)NCc1cccc([C@@H]2NC(=O)N[C@H]3OCCC[C@H]32)c1. The minimum absolute atomic E-state index is 0.118. The van der Waals surface area contributed by atoms with E-state index in [1.165, 1.54) is 10.6 Å². The summed E-state index contributed by atoms with van der Waals surface area (Å²) in [6.07, 6.45) is 3.59. The number of aromatic nitrogens is 1. The Labute approximate surface area is 174 Å². The number of nitrogens with one attached hydrogen (secondary N) is 3. The van der Waals surface area contributed by atoms with E-state index in [9.17, 15) is 14.4 Å². The van der Waals surface area contributed by atoms with Crippen molar-refractivity contribution in [2.45, 2.75) is 44.6 Å². The van der Waals surface area contributed by atoms with Gasteiger partial charge in [-0.15, -0.1) is 0 Å². The van der Waals surface area contributed by atoms with Crippen LogP contribution in [0.1, 0.15) is 36.4 Å². The number of hydrogen-bond donors (Lipinski definition) is 3. The summed E-state index contributed by atoms with van der Waals surface area (Å²) in [7, 11) is 0. The molecular weight excluding hydrogens is 384 g/mol. The van der Waals surface area contributed by atoms with Gasteiger partial charge < -0.3 is 25.3 Å². The fourth-order valence-electron chi connectivity index (χ4n) is 4.10. The van der Waals surface area contributed by atoms with E-state index < -0.39 is 0 Å². The number of hydrogen-bond acceptors (Lipinski definition) is 4. The fraction of sp³-hybridized carbons (Fsp3) is 0.409. The van der Waals surface area contributed by atoms with Crippen LogP contribution in [0.5, 0.6) is 0 Å². The number of amides is 3. The topological polar surface area (TPSA) is 101 Å². The van der Waals surface area contributed by atoms with Gasteiger partial charge in [0.15, 0.2) is 0 Å². The standard InChI is InChI=1S/C22H26N4O4/c27-18(9-11-26-10-2-1-8-19(26)28)23-14-15-5-3-6-16(13-15)20-17-7-4-12-30-21(17)25-22(29)24-20/h1-3,5-6,8,10,13,17,20-21H,4,7,9,11-12,14H2,(H,23,27)(H2,24,25,29)/t17-,20-,21-/m0/s1. The Morgan fingerprint density at radius 3 is 2.93 bits per heavy atom. The molecule has 4 rings (SSSR count). The van der Waals surface area contributed by atoms with Gasteiger partial charge in [0.05, 0.1) is 6.04 Å². The summed E-state index contributed by atoms with van der Waals surface area (Å²) in [5.41, 5.74) is 1.85. The van der Waals surface area contributed by atoms with E-state index in [0.29, 0.717) is 19.7 Å². The van der Waals surface area contributed by atoms with Crippen LogP contribution in [-0.4, -0.2) is 29.3 Å². The quantitative estimate of drug-likeness (QED) is 0.674. The molecule has 0 radical (unpaired) electrons. The molecule has 0 bridgehead atoms. The molecule has 1 aromatic heterocycles. The molecule has 1 aromatic carbocycles. The van der Waals surface area contributed by atoms with Gasteiger partial charge in [-0.2, -0.15) is 0 Å². The average Bonchev–Trinajstić information content (AvgIpc) is 2.76. The van der Waals surface area contributed by atoms with E-state index in [0.717, 1.165) is 24.0 Å². The normalized spacial score (nSPS) is 23.1. The van der Waals surface area contributed by atoms with Crippen LogP contribution in [0.2, 0.25) is 0 Å². The second-order valence-electron chi connectivity index (χ2n) is 7.70. The molecule has 0 saturated carbocycles. The lowest BCUT2D eigenvalue weighted by molar-refractivity contribution is -0.121. The van der Waals surface area contributed by atoms with Crippen molar-refractivity contribution in [2.75, 3.05) is 6.61 Å². The maximum atomic E-state index is 12.2. The van der Waals surface area contributed by atoms with Crippen LogP contribution in [0.25, 0.3) is 0 Å². The summed E-state index contributed by atoms with van der Waals surface area (Å²) in [5.74, 6) is 0.0533. The van der Waals surface area contributed by atoms with Gasteiger partial charge in [0.2, 0.25) is 5.91 Å². The molecule has 2 aliphatic rings. The number of carbonyl (C=O) groups excluding carboxylic acids is 2. The van der Waals surface area contributed by atoms with Crippen molar-refractivity contribution in [2.24, 2.45) is 5.92 Å². The highest BCUT2D eigenvalue weighted by Gasteiger charge is 2.39. The number of pyridine rings is 1. The molecule has 2 aromatic rings. The predicted molar refractivity (Wildman–Crippen MR) is 110 cm³/mol. The van der Waals surface area contributed by atoms with E-state index in [1.807, 2.05) is 24.3 Å². The Bertz CT molecular complexity index is 973. The summed E-state index contributed by atoms with van der Waals surface area (Å²) < 4.78 is 7.25. The van der Waals surface area contributed by atoms with Gasteiger partial charge >= 0.3 is 6.03 Å². The van der Waals surface area contributed by atoms with E-state index in [-0.39, 0.29) is 42.1 Å². The number of urea groups is 1. The van der Waals surface area contributed by atoms with Crippen molar-refractivity contribution in [3.63, 3.8) is 0 Å². The highest BCUT2D eigenvalue weighted by Crippen LogP contribution is 2.34. The molecule has 2 fully saturated rings. The Morgan fingerprint density at radius 2 is 2.07 bits per heavy atom. The van der Waals surface area contributed by atoms with Gasteiger partial charge in [-0.05, 0) is 30.0 Å². The Morgan fingerprint density at radius 1 is 1.17 bits per heavy atom. The Hall–Kier alpha value is -3.13. The van der Waals surface area contributed by atoms with E-state index in [1.54, 1.807) is 18.3 Å². The summed E-state index contributed by atoms with van der Waals surface area (Å²) in [6.45, 7) is 1.39. The molecule has 2 aliphatic heterocycles. The molecule has 0 spiro atoms. The third-order valence-electron chi connectivity index (χ3n) is 5.63. The second kappa shape index (κ2) is 9.13. The smallest absolute Gasteiger partial charge is 0.317 e. The first-order valence-electron chi connectivity index (χ1n) is 10.3. The van der Waals surface area contributed by atoms with Crippen LogP contribution in [0.4, 0.5) is 4.79 Å². The molecule has 30 heavy (non-hydrogen) atoms. The lowest BCUT2D eigenvalue weighted by Crippen LogP contribution is -2.58. The molecular formula is C22H26N4O4. The van der Waals surface area contributed by atoms with Crippen molar-refractivity contribution in [1.29, 1.82) is 0 Å². The summed E-state index contributed by atoms with van der Waals surface area (Å²) in [6, 6.07) is 12.5. The molecule has 8 heteroatoms. The van der Waals surface area contributed by atoms with Crippen LogP contribution < -0.4 is 21.5 Å². The van der Waals surface area contributed by atoms with Gasteiger partial charge in [0.1, 0.15) is 6.23 Å². The number of rotatable bonds is 6. The molecule has 3 atom stereocenters. The predicted octanol–water partition coefficient (Wildman–Crippen LogP) is 1.66. The van der Waals surface area contributed by atoms with E-state index >= 15 is 0 Å². The largest absolute Gasteiger partial charge is 0.358 e. The molecule has 2 saturated heterocycles. The molecule has 3 N–H and O–H groups in total. The molecule has 0 aliphatic carbocycles. The van der Waals surface area contributed by atoms with Crippen molar-refractivity contribution < 1.29 is 14.3 Å². The minimum Gasteiger partial charge on any atom is -0.358 e. The Balaban J connectivity index is 1.36. The van der Waals surface area contributed by atoms with Crippen molar-refractivity contribution in [3.8, 4) is 0 Å². The molecule has 3 amide bonds. The first-order valence-corrected chi connectivity index (χ1v) is 10.3. The van der Waals surface area contributed by atoms with Gasteiger partial charge in [0, 0.05) is 44.3 Å². The van der Waals surface area contributed by atoms with Gasteiger partial charge in [-0.3, -0.25) is 9.59 Å². The number of aryl methyl sites for hydroxylation is 1. The first kappa shape index (κ1) is 20.2. The fourth-order valence-corrected chi connectivity index (χ4v) is 4.10. The number of nitrogens with zero attached hydrogens (tertiary/aromatic N) is 1. The minimum atomic E-state index is -0.262. The van der Waals surface area contributed by atoms with Crippen LogP contribution in [0.15, 0.2) is 53.5 Å². The lowest BCUT2D eigenvalue weighted by Gasteiger charge is -2.42.